The first-order chi connectivity index (χ1) is 11.4. The van der Waals surface area contributed by atoms with Crippen LogP contribution in [-0.4, -0.2) is 42.4 Å². The Balaban J connectivity index is 2.09. The van der Waals surface area contributed by atoms with Gasteiger partial charge in [-0.1, -0.05) is 26.0 Å². The predicted octanol–water partition coefficient (Wildman–Crippen LogP) is 2.31. The van der Waals surface area contributed by atoms with E-state index in [0.717, 1.165) is 6.42 Å². The third-order valence-corrected chi connectivity index (χ3v) is 4.02. The van der Waals surface area contributed by atoms with Crippen LogP contribution in [-0.2, 0) is 14.3 Å². The predicted molar refractivity (Wildman–Crippen MR) is 90.6 cm³/mol. The van der Waals surface area contributed by atoms with E-state index in [-0.39, 0.29) is 17.9 Å². The molecule has 0 spiro atoms. The number of para-hydroxylation sites is 1. The number of esters is 1. The van der Waals surface area contributed by atoms with Crippen LogP contribution in [0.5, 0.6) is 0 Å². The van der Waals surface area contributed by atoms with Gasteiger partial charge in [0.1, 0.15) is 0 Å². The highest BCUT2D eigenvalue weighted by atomic mass is 16.5. The van der Waals surface area contributed by atoms with Gasteiger partial charge < -0.3 is 15.0 Å². The van der Waals surface area contributed by atoms with Gasteiger partial charge in [-0.3, -0.25) is 9.59 Å². The van der Waals surface area contributed by atoms with Crippen LogP contribution in [0.15, 0.2) is 24.3 Å². The normalized spacial score (nSPS) is 20.4. The van der Waals surface area contributed by atoms with E-state index in [1.807, 2.05) is 0 Å². The zero-order chi connectivity index (χ0) is 17.7. The Hall–Kier alpha value is -2.37. The molecule has 1 heterocycles. The number of carbonyl (C=O) groups excluding carboxylic acids is 3. The van der Waals surface area contributed by atoms with Gasteiger partial charge in [0.2, 0.25) is 0 Å². The van der Waals surface area contributed by atoms with Crippen molar-refractivity contribution in [1.82, 2.24) is 4.90 Å². The highest BCUT2D eigenvalue weighted by molar-refractivity contribution is 6.39. The highest BCUT2D eigenvalue weighted by Gasteiger charge is 2.29. The third-order valence-electron chi connectivity index (χ3n) is 4.02. The molecule has 0 saturated carbocycles. The summed E-state index contributed by atoms with van der Waals surface area (Å²) in [5.41, 5.74) is 0.522. The molecular weight excluding hydrogens is 308 g/mol. The lowest BCUT2D eigenvalue weighted by molar-refractivity contribution is -0.144. The molecule has 2 amide bonds. The Labute approximate surface area is 142 Å². The number of rotatable bonds is 3. The lowest BCUT2D eigenvalue weighted by Gasteiger charge is -2.34. The van der Waals surface area contributed by atoms with Gasteiger partial charge in [0.05, 0.1) is 17.9 Å². The number of benzene rings is 1. The maximum absolute atomic E-state index is 12.4. The molecule has 0 radical (unpaired) electrons. The van der Waals surface area contributed by atoms with E-state index in [1.165, 1.54) is 0 Å². The Morgan fingerprint density at radius 2 is 1.79 bits per heavy atom. The molecule has 0 aromatic heterocycles. The molecule has 2 rings (SSSR count). The van der Waals surface area contributed by atoms with Crippen LogP contribution in [0, 0.1) is 11.8 Å². The lowest BCUT2D eigenvalue weighted by Crippen LogP contribution is -2.47. The van der Waals surface area contributed by atoms with Crippen LogP contribution < -0.4 is 5.32 Å². The topological polar surface area (TPSA) is 75.7 Å². The van der Waals surface area contributed by atoms with Crippen LogP contribution in [0.25, 0.3) is 0 Å². The minimum absolute atomic E-state index is 0.237. The van der Waals surface area contributed by atoms with Gasteiger partial charge in [0.15, 0.2) is 0 Å². The number of hydrogen-bond donors (Lipinski definition) is 1. The quantitative estimate of drug-likeness (QED) is 0.681. The summed E-state index contributed by atoms with van der Waals surface area (Å²) in [4.78, 5) is 38.2. The molecule has 1 aliphatic heterocycles. The molecule has 1 N–H and O–H groups in total. The fourth-order valence-corrected chi connectivity index (χ4v) is 3.13. The van der Waals surface area contributed by atoms with E-state index < -0.39 is 17.8 Å². The van der Waals surface area contributed by atoms with Crippen molar-refractivity contribution in [2.45, 2.75) is 27.2 Å². The van der Waals surface area contributed by atoms with E-state index in [1.54, 1.807) is 36.1 Å². The van der Waals surface area contributed by atoms with Gasteiger partial charge in [-0.15, -0.1) is 0 Å². The summed E-state index contributed by atoms with van der Waals surface area (Å²) < 4.78 is 4.97. The van der Waals surface area contributed by atoms with Crippen molar-refractivity contribution < 1.29 is 19.1 Å². The number of nitrogens with zero attached hydrogens (tertiary/aromatic N) is 1. The summed E-state index contributed by atoms with van der Waals surface area (Å²) >= 11 is 0. The molecular formula is C18H24N2O4. The molecule has 1 aromatic carbocycles. The van der Waals surface area contributed by atoms with Gasteiger partial charge in [0, 0.05) is 13.1 Å². The summed E-state index contributed by atoms with van der Waals surface area (Å²) in [6.07, 6.45) is 1.05. The summed E-state index contributed by atoms with van der Waals surface area (Å²) in [5.74, 6) is -1.07. The van der Waals surface area contributed by atoms with Crippen molar-refractivity contribution in [3.8, 4) is 0 Å². The minimum Gasteiger partial charge on any atom is -0.462 e. The molecule has 24 heavy (non-hydrogen) atoms. The number of hydrogen-bond acceptors (Lipinski definition) is 4. The zero-order valence-corrected chi connectivity index (χ0v) is 14.4. The molecule has 0 bridgehead atoms. The monoisotopic (exact) mass is 332 g/mol. The van der Waals surface area contributed by atoms with E-state index in [2.05, 4.69) is 19.2 Å². The number of amides is 2. The van der Waals surface area contributed by atoms with Gasteiger partial charge in [-0.05, 0) is 37.3 Å². The molecule has 6 nitrogen and oxygen atoms in total. The standard InChI is InChI=1S/C18H24N2O4/c1-4-24-18(23)14-7-5-6-8-15(14)19-16(21)17(22)20-10-12(2)9-13(3)11-20/h5-8,12-13H,4,9-11H2,1-3H3,(H,19,21). The molecule has 2 atom stereocenters. The number of carbonyl (C=O) groups is 3. The maximum atomic E-state index is 12.4. The van der Waals surface area contributed by atoms with Crippen LogP contribution in [0.2, 0.25) is 0 Å². The second-order valence-corrected chi connectivity index (χ2v) is 6.38. The average molecular weight is 332 g/mol. The fourth-order valence-electron chi connectivity index (χ4n) is 3.13. The van der Waals surface area contributed by atoms with Crippen LogP contribution in [0.1, 0.15) is 37.6 Å². The molecule has 6 heteroatoms. The second-order valence-electron chi connectivity index (χ2n) is 6.38. The van der Waals surface area contributed by atoms with Crippen LogP contribution in [0.4, 0.5) is 5.69 Å². The Kier molecular flexibility index (Phi) is 5.95. The van der Waals surface area contributed by atoms with E-state index >= 15 is 0 Å². The first-order valence-corrected chi connectivity index (χ1v) is 8.28. The number of likely N-dealkylation sites (tertiary alicyclic amines) is 1. The summed E-state index contributed by atoms with van der Waals surface area (Å²) in [6, 6.07) is 6.51. The van der Waals surface area contributed by atoms with E-state index in [9.17, 15) is 14.4 Å². The van der Waals surface area contributed by atoms with Crippen molar-refractivity contribution in [2.75, 3.05) is 25.0 Å². The number of anilines is 1. The molecule has 1 aromatic rings. The molecule has 0 aliphatic carbocycles. The van der Waals surface area contributed by atoms with Crippen molar-refractivity contribution >= 4 is 23.5 Å². The Morgan fingerprint density at radius 3 is 2.42 bits per heavy atom. The van der Waals surface area contributed by atoms with Crippen LogP contribution in [0.3, 0.4) is 0 Å². The number of nitrogens with one attached hydrogen (secondary N) is 1. The fraction of sp³-hybridized carbons (Fsp3) is 0.500. The zero-order valence-electron chi connectivity index (χ0n) is 14.4. The van der Waals surface area contributed by atoms with Gasteiger partial charge >= 0.3 is 17.8 Å². The van der Waals surface area contributed by atoms with Crippen molar-refractivity contribution in [3.63, 3.8) is 0 Å². The number of ether oxygens (including phenoxy) is 1. The first kappa shape index (κ1) is 18.0. The van der Waals surface area contributed by atoms with Crippen molar-refractivity contribution in [1.29, 1.82) is 0 Å². The summed E-state index contributed by atoms with van der Waals surface area (Å²) in [6.45, 7) is 7.25. The lowest BCUT2D eigenvalue weighted by atomic mass is 9.92. The molecule has 1 aliphatic rings. The van der Waals surface area contributed by atoms with Gasteiger partial charge in [-0.2, -0.15) is 0 Å². The van der Waals surface area contributed by atoms with Gasteiger partial charge in [0.25, 0.3) is 0 Å². The summed E-state index contributed by atoms with van der Waals surface area (Å²) in [7, 11) is 0. The molecule has 1 fully saturated rings. The third kappa shape index (κ3) is 4.34. The average Bonchev–Trinajstić information content (AvgIpc) is 2.53. The number of piperidine rings is 1. The SMILES string of the molecule is CCOC(=O)c1ccccc1NC(=O)C(=O)N1CC(C)CC(C)C1. The van der Waals surface area contributed by atoms with Crippen molar-refractivity contribution in [3.05, 3.63) is 29.8 Å². The molecule has 130 valence electrons. The van der Waals surface area contributed by atoms with Crippen molar-refractivity contribution in [2.24, 2.45) is 11.8 Å². The highest BCUT2D eigenvalue weighted by Crippen LogP contribution is 2.22. The summed E-state index contributed by atoms with van der Waals surface area (Å²) in [5, 5.41) is 2.55. The molecule has 1 saturated heterocycles. The maximum Gasteiger partial charge on any atom is 0.340 e. The minimum atomic E-state index is -0.729. The smallest absolute Gasteiger partial charge is 0.340 e. The van der Waals surface area contributed by atoms with E-state index in [4.69, 9.17) is 4.74 Å². The molecule has 2 unspecified atom stereocenters. The Morgan fingerprint density at radius 1 is 1.17 bits per heavy atom. The van der Waals surface area contributed by atoms with Gasteiger partial charge in [-0.25, -0.2) is 4.79 Å². The largest absolute Gasteiger partial charge is 0.462 e. The van der Waals surface area contributed by atoms with E-state index in [0.29, 0.717) is 24.9 Å². The second kappa shape index (κ2) is 7.95. The Bertz CT molecular complexity index is 619. The first-order valence-electron chi connectivity index (χ1n) is 8.28. The van der Waals surface area contributed by atoms with Crippen LogP contribution >= 0.6 is 0 Å².